The van der Waals surface area contributed by atoms with Gasteiger partial charge in [-0.3, -0.25) is 0 Å². The van der Waals surface area contributed by atoms with E-state index in [9.17, 15) is 35.3 Å². The highest BCUT2D eigenvalue weighted by atomic mass is 79.9. The zero-order valence-electron chi connectivity index (χ0n) is 12.5. The summed E-state index contributed by atoms with van der Waals surface area (Å²) in [6, 6.07) is 9.27. The molecule has 1 unspecified atom stereocenters. The second kappa shape index (κ2) is 7.85. The van der Waals surface area contributed by atoms with Crippen LogP contribution in [-0.4, -0.2) is 21.9 Å². The van der Waals surface area contributed by atoms with Crippen molar-refractivity contribution in [2.75, 3.05) is 0 Å². The van der Waals surface area contributed by atoms with Crippen molar-refractivity contribution >= 4 is 59.0 Å². The third kappa shape index (κ3) is 4.19. The van der Waals surface area contributed by atoms with Gasteiger partial charge in [-0.1, -0.05) is 34.1 Å². The number of hydrogen-bond donors (Lipinski definition) is 0. The molecule has 12 heteroatoms. The van der Waals surface area contributed by atoms with E-state index in [-0.39, 0.29) is 20.1 Å². The van der Waals surface area contributed by atoms with Gasteiger partial charge in [0.15, 0.2) is 4.90 Å². The van der Waals surface area contributed by atoms with E-state index >= 15 is 0 Å². The molecular weight excluding hydrogens is 601 g/mol. The fourth-order valence-electron chi connectivity index (χ4n) is 1.98. The molecule has 0 heterocycles. The van der Waals surface area contributed by atoms with Crippen LogP contribution in [0.4, 0.5) is 30.7 Å². The Morgan fingerprint density at radius 3 is 2.00 bits per heavy atom. The lowest BCUT2D eigenvalue weighted by atomic mass is 10.1. The average molecular weight is 606 g/mol. The van der Waals surface area contributed by atoms with Gasteiger partial charge in [0.1, 0.15) is 0 Å². The van der Waals surface area contributed by atoms with Crippen LogP contribution in [-0.2, 0) is 11.2 Å². The van der Waals surface area contributed by atoms with E-state index in [1.165, 1.54) is 18.2 Å². The summed E-state index contributed by atoms with van der Waals surface area (Å²) in [5.74, 6) is -6.51. The van der Waals surface area contributed by atoms with Gasteiger partial charge in [0.05, 0.1) is 16.7 Å². The zero-order chi connectivity index (χ0) is 20.8. The Balaban J connectivity index is 2.74. The van der Waals surface area contributed by atoms with Crippen LogP contribution in [0, 0.1) is 6.07 Å². The minimum atomic E-state index is -6.59. The summed E-state index contributed by atoms with van der Waals surface area (Å²) in [5, 5.41) is -5.92. The fourth-order valence-corrected chi connectivity index (χ4v) is 5.33. The van der Waals surface area contributed by atoms with Gasteiger partial charge in [-0.2, -0.15) is 22.0 Å². The van der Waals surface area contributed by atoms with Crippen LogP contribution in [0.2, 0.25) is 0 Å². The summed E-state index contributed by atoms with van der Waals surface area (Å²) in [6.07, 6.45) is -6.59. The van der Waals surface area contributed by atoms with Gasteiger partial charge in [0.2, 0.25) is 0 Å². The molecule has 2 rings (SSSR count). The molecule has 0 spiro atoms. The monoisotopic (exact) mass is 603 g/mol. The Bertz CT molecular complexity index is 858. The van der Waals surface area contributed by atoms with Crippen molar-refractivity contribution in [1.82, 2.24) is 0 Å². The molecule has 1 atom stereocenters. The molecule has 2 aromatic rings. The number of alkyl halides is 7. The molecule has 0 aliphatic heterocycles. The lowest BCUT2D eigenvalue weighted by Crippen LogP contribution is -2.56. The molecule has 1 radical (unpaired) electrons. The molecule has 0 saturated heterocycles. The standard InChI is InChI=1S/C15H5Br3F7OS/c16-7-5-10(18)12(8-3-1-2-4-9(8)17)11(6-7)27(26)15(24,25)13(19,20)14(21,22)23/h1-4,6H. The van der Waals surface area contributed by atoms with Crippen LogP contribution in [0.15, 0.2) is 48.6 Å². The predicted molar refractivity (Wildman–Crippen MR) is 96.2 cm³/mol. The normalized spacial score (nSPS) is 14.3. The van der Waals surface area contributed by atoms with Gasteiger partial charge in [-0.15, -0.1) is 8.78 Å². The topological polar surface area (TPSA) is 23.1 Å². The van der Waals surface area contributed by atoms with Gasteiger partial charge in [0, 0.05) is 31.1 Å². The van der Waals surface area contributed by atoms with E-state index < -0.39 is 33.4 Å². The van der Waals surface area contributed by atoms with E-state index in [2.05, 4.69) is 53.9 Å². The fraction of sp³-hybridized carbons (Fsp3) is 0.200. The summed E-state index contributed by atoms with van der Waals surface area (Å²) < 4.78 is 105. The molecule has 147 valence electrons. The highest BCUT2D eigenvalue weighted by Gasteiger charge is 2.80. The molecule has 0 aliphatic carbocycles. The lowest BCUT2D eigenvalue weighted by Gasteiger charge is -2.29. The maximum absolute atomic E-state index is 14.0. The Hall–Kier alpha value is -0.300. The SMILES string of the molecule is [O-][S+](c1cc(Br)[c]c(Br)c1-c1ccccc1Br)C(F)(F)C(F)(F)C(F)(F)F. The summed E-state index contributed by atoms with van der Waals surface area (Å²) in [7, 11) is 0. The second-order valence-corrected chi connectivity index (χ2v) is 9.00. The molecule has 0 N–H and O–H groups in total. The van der Waals surface area contributed by atoms with Gasteiger partial charge < -0.3 is 4.55 Å². The number of hydrogen-bond acceptors (Lipinski definition) is 1. The van der Waals surface area contributed by atoms with Gasteiger partial charge in [0.25, 0.3) is 0 Å². The first-order valence-corrected chi connectivity index (χ1v) is 10.1. The molecule has 0 amide bonds. The van der Waals surface area contributed by atoms with Crippen LogP contribution in [0.25, 0.3) is 11.1 Å². The number of halogens is 10. The van der Waals surface area contributed by atoms with Crippen LogP contribution < -0.4 is 0 Å². The van der Waals surface area contributed by atoms with Crippen molar-refractivity contribution in [2.45, 2.75) is 22.2 Å². The molecule has 0 aliphatic rings. The van der Waals surface area contributed by atoms with Gasteiger partial charge in [-0.05, 0) is 37.9 Å². The second-order valence-electron chi connectivity index (χ2n) is 5.01. The number of rotatable bonds is 4. The van der Waals surface area contributed by atoms with Crippen molar-refractivity contribution in [3.63, 3.8) is 0 Å². The minimum Gasteiger partial charge on any atom is -0.606 e. The lowest BCUT2D eigenvalue weighted by molar-refractivity contribution is -0.332. The molecule has 1 nitrogen and oxygen atoms in total. The van der Waals surface area contributed by atoms with E-state index in [1.54, 1.807) is 6.07 Å². The smallest absolute Gasteiger partial charge is 0.486 e. The van der Waals surface area contributed by atoms with Crippen molar-refractivity contribution in [3.8, 4) is 11.1 Å². The van der Waals surface area contributed by atoms with Crippen molar-refractivity contribution < 1.29 is 35.3 Å². The van der Waals surface area contributed by atoms with Crippen LogP contribution in [0.5, 0.6) is 0 Å². The van der Waals surface area contributed by atoms with Crippen LogP contribution in [0.1, 0.15) is 0 Å². The Kier molecular flexibility index (Phi) is 6.68. The van der Waals surface area contributed by atoms with E-state index in [0.717, 1.165) is 6.07 Å². The quantitative estimate of drug-likeness (QED) is 0.264. The summed E-state index contributed by atoms with van der Waals surface area (Å²) in [6.45, 7) is 0. The molecule has 0 aromatic heterocycles. The molecule has 27 heavy (non-hydrogen) atoms. The summed E-state index contributed by atoms with van der Waals surface area (Å²) >= 11 is 4.95. The van der Waals surface area contributed by atoms with E-state index in [1.807, 2.05) is 0 Å². The van der Waals surface area contributed by atoms with E-state index in [4.69, 9.17) is 0 Å². The maximum Gasteiger partial charge on any atom is 0.486 e. The largest absolute Gasteiger partial charge is 0.606 e. The van der Waals surface area contributed by atoms with Crippen LogP contribution in [0.3, 0.4) is 0 Å². The Morgan fingerprint density at radius 1 is 0.926 bits per heavy atom. The third-order valence-electron chi connectivity index (χ3n) is 3.25. The van der Waals surface area contributed by atoms with Gasteiger partial charge in [-0.25, -0.2) is 0 Å². The molecule has 0 fully saturated rings. The van der Waals surface area contributed by atoms with Crippen molar-refractivity contribution in [1.29, 1.82) is 0 Å². The highest BCUT2D eigenvalue weighted by molar-refractivity contribution is 9.11. The van der Waals surface area contributed by atoms with Crippen molar-refractivity contribution in [3.05, 3.63) is 49.8 Å². The third-order valence-corrected chi connectivity index (χ3v) is 6.41. The molecule has 0 bridgehead atoms. The molecule has 2 aromatic carbocycles. The van der Waals surface area contributed by atoms with E-state index in [0.29, 0.717) is 4.47 Å². The first-order valence-electron chi connectivity index (χ1n) is 6.62. The van der Waals surface area contributed by atoms with Gasteiger partial charge >= 0.3 is 17.4 Å². The zero-order valence-corrected chi connectivity index (χ0v) is 18.1. The molecule has 0 saturated carbocycles. The first-order chi connectivity index (χ1) is 12.2. The first kappa shape index (κ1) is 23.0. The predicted octanol–water partition coefficient (Wildman–Crippen LogP) is 7.34. The van der Waals surface area contributed by atoms with Crippen molar-refractivity contribution in [2.24, 2.45) is 0 Å². The Morgan fingerprint density at radius 2 is 1.48 bits per heavy atom. The molecular formula is C15H5Br3F7OS. The minimum absolute atomic E-state index is 0.0572. The van der Waals surface area contributed by atoms with Crippen LogP contribution >= 0.6 is 47.8 Å². The average Bonchev–Trinajstić information content (AvgIpc) is 2.53. The summed E-state index contributed by atoms with van der Waals surface area (Å²) in [4.78, 5) is -0.923. The highest BCUT2D eigenvalue weighted by Crippen LogP contribution is 2.52. The number of benzene rings is 2. The Labute approximate surface area is 176 Å². The summed E-state index contributed by atoms with van der Waals surface area (Å²) in [5.41, 5.74) is -0.121. The maximum atomic E-state index is 14.0.